The SMILES string of the molecule is Cc1cnc(CCNC(=O)CN2CCCCCC2)n1C1CCCCCC1. The van der Waals surface area contributed by atoms with Crippen molar-refractivity contribution in [3.8, 4) is 0 Å². The first-order chi connectivity index (χ1) is 12.7. The Morgan fingerprint density at radius 2 is 1.73 bits per heavy atom. The molecule has 1 aromatic rings. The maximum absolute atomic E-state index is 12.3. The van der Waals surface area contributed by atoms with Crippen LogP contribution in [0.2, 0.25) is 0 Å². The quantitative estimate of drug-likeness (QED) is 0.788. The van der Waals surface area contributed by atoms with Crippen LogP contribution in [0.4, 0.5) is 0 Å². The lowest BCUT2D eigenvalue weighted by molar-refractivity contribution is -0.122. The second-order valence-electron chi connectivity index (χ2n) is 8.12. The van der Waals surface area contributed by atoms with E-state index < -0.39 is 0 Å². The van der Waals surface area contributed by atoms with E-state index >= 15 is 0 Å². The molecule has 0 spiro atoms. The molecule has 146 valence electrons. The highest BCUT2D eigenvalue weighted by molar-refractivity contribution is 5.78. The van der Waals surface area contributed by atoms with Gasteiger partial charge < -0.3 is 9.88 Å². The van der Waals surface area contributed by atoms with Gasteiger partial charge in [0.25, 0.3) is 0 Å². The first-order valence-corrected chi connectivity index (χ1v) is 10.8. The van der Waals surface area contributed by atoms with Crippen LogP contribution in [0.3, 0.4) is 0 Å². The summed E-state index contributed by atoms with van der Waals surface area (Å²) in [5.41, 5.74) is 1.27. The summed E-state index contributed by atoms with van der Waals surface area (Å²) in [5.74, 6) is 1.31. The fraction of sp³-hybridized carbons (Fsp3) is 0.810. The zero-order chi connectivity index (χ0) is 18.2. The fourth-order valence-corrected chi connectivity index (χ4v) is 4.56. The average molecular weight is 361 g/mol. The van der Waals surface area contributed by atoms with Gasteiger partial charge in [-0.1, -0.05) is 38.5 Å². The molecule has 26 heavy (non-hydrogen) atoms. The Bertz CT molecular complexity index is 552. The van der Waals surface area contributed by atoms with Gasteiger partial charge >= 0.3 is 0 Å². The van der Waals surface area contributed by atoms with Crippen LogP contribution < -0.4 is 5.32 Å². The largest absolute Gasteiger partial charge is 0.355 e. The van der Waals surface area contributed by atoms with Crippen molar-refractivity contribution in [2.24, 2.45) is 0 Å². The lowest BCUT2D eigenvalue weighted by atomic mass is 10.1. The molecular weight excluding hydrogens is 324 g/mol. The molecule has 1 amide bonds. The molecule has 3 rings (SSSR count). The number of amides is 1. The molecule has 1 saturated heterocycles. The van der Waals surface area contributed by atoms with Crippen molar-refractivity contribution in [3.63, 3.8) is 0 Å². The van der Waals surface area contributed by atoms with Gasteiger partial charge in [-0.2, -0.15) is 0 Å². The maximum atomic E-state index is 12.3. The molecule has 1 aromatic heterocycles. The minimum Gasteiger partial charge on any atom is -0.355 e. The molecule has 1 saturated carbocycles. The molecule has 5 heteroatoms. The standard InChI is InChI=1S/C21H36N4O/c1-18-16-23-20(25(18)19-10-6-2-3-7-11-19)12-13-22-21(26)17-24-14-8-4-5-9-15-24/h16,19H,2-15,17H2,1H3,(H,22,26). The van der Waals surface area contributed by atoms with Gasteiger partial charge in [-0.25, -0.2) is 4.98 Å². The number of nitrogens with zero attached hydrogens (tertiary/aromatic N) is 3. The molecule has 0 unspecified atom stereocenters. The Hall–Kier alpha value is -1.36. The summed E-state index contributed by atoms with van der Waals surface area (Å²) in [7, 11) is 0. The summed E-state index contributed by atoms with van der Waals surface area (Å²) in [6.07, 6.45) is 15.8. The minimum absolute atomic E-state index is 0.163. The zero-order valence-corrected chi connectivity index (χ0v) is 16.5. The molecule has 0 radical (unpaired) electrons. The number of carbonyl (C=O) groups is 1. The van der Waals surface area contributed by atoms with Gasteiger partial charge in [-0.05, 0) is 45.7 Å². The molecule has 0 atom stereocenters. The Morgan fingerprint density at radius 3 is 2.42 bits per heavy atom. The number of imidazole rings is 1. The topological polar surface area (TPSA) is 50.2 Å². The predicted molar refractivity (Wildman–Crippen MR) is 105 cm³/mol. The predicted octanol–water partition coefficient (Wildman–Crippen LogP) is 3.62. The summed E-state index contributed by atoms with van der Waals surface area (Å²) in [6.45, 7) is 5.54. The van der Waals surface area contributed by atoms with Crippen LogP contribution in [-0.2, 0) is 11.2 Å². The number of aromatic nitrogens is 2. The number of carbonyl (C=O) groups excluding carboxylic acids is 1. The van der Waals surface area contributed by atoms with Crippen molar-refractivity contribution >= 4 is 5.91 Å². The van der Waals surface area contributed by atoms with Crippen LogP contribution in [0.15, 0.2) is 6.20 Å². The van der Waals surface area contributed by atoms with E-state index in [1.165, 1.54) is 69.9 Å². The number of likely N-dealkylation sites (tertiary alicyclic amines) is 1. The number of rotatable bonds is 6. The molecule has 2 fully saturated rings. The van der Waals surface area contributed by atoms with E-state index in [0.717, 1.165) is 25.3 Å². The lowest BCUT2D eigenvalue weighted by Crippen LogP contribution is -2.38. The van der Waals surface area contributed by atoms with Gasteiger partial charge in [-0.3, -0.25) is 9.69 Å². The normalized spacial score (nSPS) is 20.5. The van der Waals surface area contributed by atoms with E-state index in [0.29, 0.717) is 19.1 Å². The number of nitrogens with one attached hydrogen (secondary N) is 1. The van der Waals surface area contributed by atoms with E-state index in [9.17, 15) is 4.79 Å². The zero-order valence-electron chi connectivity index (χ0n) is 16.5. The summed E-state index contributed by atoms with van der Waals surface area (Å²) < 4.78 is 2.45. The number of hydrogen-bond donors (Lipinski definition) is 1. The molecule has 1 aliphatic heterocycles. The molecule has 1 N–H and O–H groups in total. The highest BCUT2D eigenvalue weighted by Gasteiger charge is 2.19. The van der Waals surface area contributed by atoms with Crippen molar-refractivity contribution < 1.29 is 4.79 Å². The van der Waals surface area contributed by atoms with Gasteiger partial charge in [0.2, 0.25) is 5.91 Å². The summed E-state index contributed by atoms with van der Waals surface area (Å²) in [6, 6.07) is 0.600. The van der Waals surface area contributed by atoms with Gasteiger partial charge in [0, 0.05) is 30.9 Å². The van der Waals surface area contributed by atoms with E-state index in [2.05, 4.69) is 26.7 Å². The molecule has 2 heterocycles. The molecule has 1 aliphatic carbocycles. The smallest absolute Gasteiger partial charge is 0.234 e. The first-order valence-electron chi connectivity index (χ1n) is 10.8. The monoisotopic (exact) mass is 360 g/mol. The fourth-order valence-electron chi connectivity index (χ4n) is 4.56. The number of hydrogen-bond acceptors (Lipinski definition) is 3. The summed E-state index contributed by atoms with van der Waals surface area (Å²) in [4.78, 5) is 19.2. The van der Waals surface area contributed by atoms with Gasteiger partial charge in [0.05, 0.1) is 6.54 Å². The third kappa shape index (κ3) is 5.57. The van der Waals surface area contributed by atoms with E-state index in [1.54, 1.807) is 0 Å². The molecule has 5 nitrogen and oxygen atoms in total. The minimum atomic E-state index is 0.163. The van der Waals surface area contributed by atoms with Gasteiger partial charge in [0.15, 0.2) is 0 Å². The van der Waals surface area contributed by atoms with E-state index in [-0.39, 0.29) is 5.91 Å². The van der Waals surface area contributed by atoms with Crippen LogP contribution >= 0.6 is 0 Å². The Kier molecular flexibility index (Phi) is 7.54. The second-order valence-corrected chi connectivity index (χ2v) is 8.12. The van der Waals surface area contributed by atoms with Crippen LogP contribution in [0, 0.1) is 6.92 Å². The van der Waals surface area contributed by atoms with Crippen molar-refractivity contribution in [1.82, 2.24) is 19.8 Å². The summed E-state index contributed by atoms with van der Waals surface area (Å²) in [5, 5.41) is 3.12. The van der Waals surface area contributed by atoms with Crippen molar-refractivity contribution in [2.45, 2.75) is 83.6 Å². The second kappa shape index (κ2) is 10.1. The summed E-state index contributed by atoms with van der Waals surface area (Å²) >= 11 is 0. The molecule has 2 aliphatic rings. The van der Waals surface area contributed by atoms with Gasteiger partial charge in [-0.15, -0.1) is 0 Å². The lowest BCUT2D eigenvalue weighted by Gasteiger charge is -2.21. The van der Waals surface area contributed by atoms with E-state index in [1.807, 2.05) is 6.20 Å². The van der Waals surface area contributed by atoms with Gasteiger partial charge in [0.1, 0.15) is 5.82 Å². The van der Waals surface area contributed by atoms with Crippen LogP contribution in [0.1, 0.15) is 81.8 Å². The highest BCUT2D eigenvalue weighted by Crippen LogP contribution is 2.29. The molecule has 0 aromatic carbocycles. The van der Waals surface area contributed by atoms with Crippen molar-refractivity contribution in [3.05, 3.63) is 17.7 Å². The third-order valence-electron chi connectivity index (χ3n) is 5.98. The van der Waals surface area contributed by atoms with Crippen LogP contribution in [0.5, 0.6) is 0 Å². The van der Waals surface area contributed by atoms with Crippen LogP contribution in [0.25, 0.3) is 0 Å². The Labute approximate surface area is 158 Å². The third-order valence-corrected chi connectivity index (χ3v) is 5.98. The highest BCUT2D eigenvalue weighted by atomic mass is 16.2. The van der Waals surface area contributed by atoms with Crippen molar-refractivity contribution in [2.75, 3.05) is 26.2 Å². The maximum Gasteiger partial charge on any atom is 0.234 e. The number of aryl methyl sites for hydroxylation is 1. The molecular formula is C21H36N4O. The molecule has 0 bridgehead atoms. The van der Waals surface area contributed by atoms with Crippen molar-refractivity contribution in [1.29, 1.82) is 0 Å². The first kappa shape index (κ1) is 19.4. The van der Waals surface area contributed by atoms with E-state index in [4.69, 9.17) is 0 Å². The Balaban J connectivity index is 1.47. The Morgan fingerprint density at radius 1 is 1.08 bits per heavy atom. The van der Waals surface area contributed by atoms with Crippen LogP contribution in [-0.4, -0.2) is 46.5 Å². The average Bonchev–Trinajstić information content (AvgIpc) is 2.86.